The molecule has 0 aliphatic carbocycles. The predicted molar refractivity (Wildman–Crippen MR) is 74.8 cm³/mol. The van der Waals surface area contributed by atoms with Gasteiger partial charge in [-0.1, -0.05) is 13.0 Å². The van der Waals surface area contributed by atoms with Gasteiger partial charge in [0.15, 0.2) is 0 Å². The normalized spacial score (nSPS) is 19.6. The fourth-order valence-corrected chi connectivity index (χ4v) is 3.21. The fourth-order valence-electron chi connectivity index (χ4n) is 2.50. The Kier molecular flexibility index (Phi) is 4.46. The van der Waals surface area contributed by atoms with Gasteiger partial charge in [0.05, 0.1) is 11.6 Å². The van der Waals surface area contributed by atoms with Crippen molar-refractivity contribution in [2.24, 2.45) is 5.92 Å². The van der Waals surface area contributed by atoms with Gasteiger partial charge < -0.3 is 10.1 Å². The molecular formula is C14H20BrNO. The highest BCUT2D eigenvalue weighted by molar-refractivity contribution is 9.10. The van der Waals surface area contributed by atoms with Gasteiger partial charge in [-0.2, -0.15) is 0 Å². The Bertz CT molecular complexity index is 386. The molecule has 17 heavy (non-hydrogen) atoms. The lowest BCUT2D eigenvalue weighted by Gasteiger charge is -2.15. The second kappa shape index (κ2) is 5.87. The third kappa shape index (κ3) is 3.02. The van der Waals surface area contributed by atoms with Crippen molar-refractivity contribution in [1.29, 1.82) is 0 Å². The van der Waals surface area contributed by atoms with E-state index in [9.17, 15) is 0 Å². The van der Waals surface area contributed by atoms with Crippen LogP contribution in [0.5, 0.6) is 5.75 Å². The molecule has 1 aliphatic rings. The summed E-state index contributed by atoms with van der Waals surface area (Å²) >= 11 is 3.61. The highest BCUT2D eigenvalue weighted by Crippen LogP contribution is 2.33. The molecule has 1 aliphatic heterocycles. The Balaban J connectivity index is 2.25. The molecule has 1 aromatic rings. The number of nitrogens with one attached hydrogen (secondary N) is 1. The molecule has 1 heterocycles. The highest BCUT2D eigenvalue weighted by atomic mass is 79.9. The topological polar surface area (TPSA) is 21.3 Å². The summed E-state index contributed by atoms with van der Waals surface area (Å²) in [5.41, 5.74) is 2.71. The van der Waals surface area contributed by atoms with Gasteiger partial charge >= 0.3 is 0 Å². The number of methoxy groups -OCH3 is 1. The van der Waals surface area contributed by atoms with Gasteiger partial charge in [-0.3, -0.25) is 0 Å². The smallest absolute Gasteiger partial charge is 0.136 e. The third-order valence-electron chi connectivity index (χ3n) is 3.46. The number of benzene rings is 1. The molecule has 0 amide bonds. The lowest BCUT2D eigenvalue weighted by atomic mass is 9.96. The second-order valence-corrected chi connectivity index (χ2v) is 5.54. The number of ether oxygens (including phenoxy) is 1. The molecule has 3 heteroatoms. The maximum Gasteiger partial charge on any atom is 0.136 e. The van der Waals surface area contributed by atoms with E-state index in [-0.39, 0.29) is 0 Å². The van der Waals surface area contributed by atoms with E-state index < -0.39 is 0 Å². The van der Waals surface area contributed by atoms with Crippen LogP contribution in [0, 0.1) is 5.92 Å². The Labute approximate surface area is 112 Å². The number of halogens is 1. The van der Waals surface area contributed by atoms with E-state index in [0.717, 1.165) is 42.1 Å². The third-order valence-corrected chi connectivity index (χ3v) is 4.05. The van der Waals surface area contributed by atoms with Crippen LogP contribution in [0.25, 0.3) is 0 Å². The summed E-state index contributed by atoms with van der Waals surface area (Å²) in [4.78, 5) is 0. The summed E-state index contributed by atoms with van der Waals surface area (Å²) in [6.07, 6.45) is 3.46. The summed E-state index contributed by atoms with van der Waals surface area (Å²) in [6, 6.07) is 4.46. The molecule has 0 spiro atoms. The van der Waals surface area contributed by atoms with Crippen LogP contribution < -0.4 is 10.1 Å². The van der Waals surface area contributed by atoms with E-state index >= 15 is 0 Å². The van der Waals surface area contributed by atoms with Gasteiger partial charge in [0.2, 0.25) is 0 Å². The maximum absolute atomic E-state index is 5.52. The van der Waals surface area contributed by atoms with Crippen molar-refractivity contribution in [2.45, 2.75) is 26.2 Å². The average molecular weight is 298 g/mol. The van der Waals surface area contributed by atoms with E-state index in [4.69, 9.17) is 4.74 Å². The van der Waals surface area contributed by atoms with Gasteiger partial charge in [-0.05, 0) is 71.4 Å². The summed E-state index contributed by atoms with van der Waals surface area (Å²) in [7, 11) is 1.75. The lowest BCUT2D eigenvalue weighted by Crippen LogP contribution is -2.11. The zero-order valence-electron chi connectivity index (χ0n) is 10.6. The second-order valence-electron chi connectivity index (χ2n) is 4.69. The molecular weight excluding hydrogens is 278 g/mol. The van der Waals surface area contributed by atoms with Crippen LogP contribution in [0.2, 0.25) is 0 Å². The van der Waals surface area contributed by atoms with Gasteiger partial charge in [0.1, 0.15) is 5.75 Å². The van der Waals surface area contributed by atoms with Gasteiger partial charge in [0.25, 0.3) is 0 Å². The summed E-state index contributed by atoms with van der Waals surface area (Å²) < 4.78 is 6.60. The Hall–Kier alpha value is -0.540. The summed E-state index contributed by atoms with van der Waals surface area (Å²) in [5, 5.41) is 3.42. The van der Waals surface area contributed by atoms with Crippen molar-refractivity contribution in [3.63, 3.8) is 0 Å². The highest BCUT2D eigenvalue weighted by Gasteiger charge is 2.18. The van der Waals surface area contributed by atoms with Crippen molar-refractivity contribution < 1.29 is 4.74 Å². The zero-order valence-corrected chi connectivity index (χ0v) is 12.1. The first-order valence-electron chi connectivity index (χ1n) is 6.30. The van der Waals surface area contributed by atoms with E-state index in [1.54, 1.807) is 7.11 Å². The van der Waals surface area contributed by atoms with Crippen molar-refractivity contribution in [3.05, 3.63) is 27.7 Å². The molecule has 2 nitrogen and oxygen atoms in total. The number of hydrogen-bond acceptors (Lipinski definition) is 2. The number of aryl methyl sites for hydroxylation is 1. The minimum Gasteiger partial charge on any atom is -0.495 e. The largest absolute Gasteiger partial charge is 0.495 e. The van der Waals surface area contributed by atoms with Crippen molar-refractivity contribution in [2.75, 3.05) is 20.2 Å². The predicted octanol–water partition coefficient (Wildman–Crippen LogP) is 3.17. The molecule has 1 unspecified atom stereocenters. The van der Waals surface area contributed by atoms with Gasteiger partial charge in [-0.25, -0.2) is 0 Å². The van der Waals surface area contributed by atoms with Crippen LogP contribution in [0.15, 0.2) is 16.6 Å². The summed E-state index contributed by atoms with van der Waals surface area (Å²) in [6.45, 7) is 4.48. The molecule has 1 aromatic carbocycles. The molecule has 1 atom stereocenters. The van der Waals surface area contributed by atoms with E-state index in [2.05, 4.69) is 40.3 Å². The Morgan fingerprint density at radius 2 is 2.29 bits per heavy atom. The first-order valence-corrected chi connectivity index (χ1v) is 7.10. The zero-order chi connectivity index (χ0) is 12.3. The van der Waals surface area contributed by atoms with Crippen LogP contribution in [0.4, 0.5) is 0 Å². The molecule has 1 saturated heterocycles. The molecule has 2 rings (SSSR count). The molecule has 0 aromatic heterocycles. The minimum atomic E-state index is 0.753. The fraction of sp³-hybridized carbons (Fsp3) is 0.571. The molecule has 1 N–H and O–H groups in total. The first kappa shape index (κ1) is 12.9. The average Bonchev–Trinajstić information content (AvgIpc) is 2.81. The number of rotatable bonds is 4. The molecule has 0 radical (unpaired) electrons. The summed E-state index contributed by atoms with van der Waals surface area (Å²) in [5.74, 6) is 1.76. The van der Waals surface area contributed by atoms with Crippen LogP contribution in [-0.4, -0.2) is 20.2 Å². The molecule has 0 bridgehead atoms. The monoisotopic (exact) mass is 297 g/mol. The standard InChI is InChI=1S/C14H20BrNO/c1-3-10-6-12(7-11-4-5-16-9-11)14(17-2)13(15)8-10/h6,8,11,16H,3-5,7,9H2,1-2H3. The first-order chi connectivity index (χ1) is 8.24. The van der Waals surface area contributed by atoms with Crippen molar-refractivity contribution >= 4 is 15.9 Å². The minimum absolute atomic E-state index is 0.753. The van der Waals surface area contributed by atoms with Crippen LogP contribution in [0.1, 0.15) is 24.5 Å². The maximum atomic E-state index is 5.52. The SMILES string of the molecule is CCc1cc(Br)c(OC)c(CC2CCNC2)c1. The molecule has 0 saturated carbocycles. The van der Waals surface area contributed by atoms with Crippen molar-refractivity contribution in [3.8, 4) is 5.75 Å². The number of hydrogen-bond donors (Lipinski definition) is 1. The van der Waals surface area contributed by atoms with E-state index in [0.29, 0.717) is 0 Å². The Morgan fingerprint density at radius 3 is 2.88 bits per heavy atom. The van der Waals surface area contributed by atoms with E-state index in [1.807, 2.05) is 0 Å². The van der Waals surface area contributed by atoms with Crippen LogP contribution >= 0.6 is 15.9 Å². The molecule has 94 valence electrons. The molecule has 1 fully saturated rings. The quantitative estimate of drug-likeness (QED) is 0.922. The van der Waals surface area contributed by atoms with Crippen LogP contribution in [0.3, 0.4) is 0 Å². The van der Waals surface area contributed by atoms with Crippen molar-refractivity contribution in [1.82, 2.24) is 5.32 Å². The van der Waals surface area contributed by atoms with Crippen LogP contribution in [-0.2, 0) is 12.8 Å². The Morgan fingerprint density at radius 1 is 1.47 bits per heavy atom. The van der Waals surface area contributed by atoms with Gasteiger partial charge in [-0.15, -0.1) is 0 Å². The lowest BCUT2D eigenvalue weighted by molar-refractivity contribution is 0.402. The van der Waals surface area contributed by atoms with E-state index in [1.165, 1.54) is 17.5 Å². The van der Waals surface area contributed by atoms with Gasteiger partial charge in [0, 0.05) is 0 Å².